The lowest BCUT2D eigenvalue weighted by Gasteiger charge is -2.21. The van der Waals surface area contributed by atoms with Crippen molar-refractivity contribution < 1.29 is 5.11 Å². The molecule has 1 aromatic carbocycles. The van der Waals surface area contributed by atoms with E-state index in [1.165, 1.54) is 0 Å². The second-order valence-corrected chi connectivity index (χ2v) is 4.92. The molecule has 1 atom stereocenters. The van der Waals surface area contributed by atoms with E-state index in [0.717, 1.165) is 10.8 Å². The maximum atomic E-state index is 9.35. The number of nitrogens with one attached hydrogen (secondary N) is 1. The Kier molecular flexibility index (Phi) is 3.99. The zero-order valence-electron chi connectivity index (χ0n) is 10.4. The number of halogens is 1. The monoisotopic (exact) mass is 265 g/mol. The van der Waals surface area contributed by atoms with E-state index in [1.54, 1.807) is 0 Å². The number of hydrogen-bond donors (Lipinski definition) is 2. The normalized spacial score (nSPS) is 12.9. The fraction of sp³-hybridized carbons (Fsp3) is 0.385. The van der Waals surface area contributed by atoms with Crippen molar-refractivity contribution in [1.29, 1.82) is 0 Å². The summed E-state index contributed by atoms with van der Waals surface area (Å²) in [5, 5.41) is 22.7. The van der Waals surface area contributed by atoms with Gasteiger partial charge in [-0.2, -0.15) is 0 Å². The largest absolute Gasteiger partial charge is 0.394 e. The number of nitrogens with zero attached hydrogens (tertiary/aromatic N) is 2. The van der Waals surface area contributed by atoms with Crippen LogP contribution >= 0.6 is 11.6 Å². The highest BCUT2D eigenvalue weighted by Crippen LogP contribution is 2.26. The Balaban J connectivity index is 2.42. The highest BCUT2D eigenvalue weighted by Gasteiger charge is 2.15. The summed E-state index contributed by atoms with van der Waals surface area (Å²) < 4.78 is 0. The number of hydrogen-bond acceptors (Lipinski definition) is 4. The molecule has 4 nitrogen and oxygen atoms in total. The van der Waals surface area contributed by atoms with E-state index in [2.05, 4.69) is 15.5 Å². The van der Waals surface area contributed by atoms with Gasteiger partial charge in [0.05, 0.1) is 12.6 Å². The fourth-order valence-electron chi connectivity index (χ4n) is 1.78. The van der Waals surface area contributed by atoms with Gasteiger partial charge in [-0.25, -0.2) is 0 Å². The average molecular weight is 266 g/mol. The smallest absolute Gasteiger partial charge is 0.159 e. The number of benzene rings is 1. The molecule has 2 N–H and O–H groups in total. The summed E-state index contributed by atoms with van der Waals surface area (Å²) in [6, 6.07) is 7.62. The van der Waals surface area contributed by atoms with Crippen LogP contribution in [0.15, 0.2) is 24.3 Å². The molecule has 0 bridgehead atoms. The van der Waals surface area contributed by atoms with E-state index in [0.29, 0.717) is 16.9 Å². The summed E-state index contributed by atoms with van der Waals surface area (Å²) in [7, 11) is 0. The van der Waals surface area contributed by atoms with Crippen molar-refractivity contribution in [2.45, 2.75) is 19.9 Å². The predicted octanol–water partition coefficient (Wildman–Crippen LogP) is 2.71. The first-order valence-electron chi connectivity index (χ1n) is 5.91. The molecule has 0 aliphatic heterocycles. The Labute approximate surface area is 111 Å². The van der Waals surface area contributed by atoms with E-state index in [9.17, 15) is 5.11 Å². The zero-order valence-corrected chi connectivity index (χ0v) is 11.1. The average Bonchev–Trinajstić information content (AvgIpc) is 2.38. The summed E-state index contributed by atoms with van der Waals surface area (Å²) >= 11 is 6.01. The first-order valence-corrected chi connectivity index (χ1v) is 6.29. The molecule has 0 radical (unpaired) electrons. The van der Waals surface area contributed by atoms with E-state index in [4.69, 9.17) is 11.6 Å². The van der Waals surface area contributed by atoms with E-state index in [1.807, 2.05) is 38.1 Å². The van der Waals surface area contributed by atoms with Crippen LogP contribution in [0.3, 0.4) is 0 Å². The molecule has 5 heteroatoms. The van der Waals surface area contributed by atoms with E-state index >= 15 is 0 Å². The Morgan fingerprint density at radius 2 is 1.89 bits per heavy atom. The number of rotatable bonds is 4. The molecule has 0 unspecified atom stereocenters. The van der Waals surface area contributed by atoms with E-state index < -0.39 is 0 Å². The summed E-state index contributed by atoms with van der Waals surface area (Å²) in [5.74, 6) is 0.953. The van der Waals surface area contributed by atoms with Gasteiger partial charge in [-0.1, -0.05) is 49.7 Å². The van der Waals surface area contributed by atoms with E-state index in [-0.39, 0.29) is 12.6 Å². The fourth-order valence-corrected chi connectivity index (χ4v) is 1.98. The van der Waals surface area contributed by atoms with Crippen molar-refractivity contribution >= 4 is 28.2 Å². The molecule has 1 aromatic heterocycles. The Bertz CT molecular complexity index is 545. The van der Waals surface area contributed by atoms with Crippen LogP contribution in [0.1, 0.15) is 13.8 Å². The van der Waals surface area contributed by atoms with Gasteiger partial charge in [-0.15, -0.1) is 10.2 Å². The number of aromatic nitrogens is 2. The van der Waals surface area contributed by atoms with Gasteiger partial charge >= 0.3 is 0 Å². The lowest BCUT2D eigenvalue weighted by Crippen LogP contribution is -2.30. The molecule has 0 saturated carbocycles. The van der Waals surface area contributed by atoms with Gasteiger partial charge in [-0.3, -0.25) is 0 Å². The third-order valence-corrected chi connectivity index (χ3v) is 3.24. The maximum Gasteiger partial charge on any atom is 0.159 e. The standard InChI is InChI=1S/C13H16ClN3O/c1-8(2)11(7-18)15-13-10-6-4-3-5-9(10)12(14)16-17-13/h3-6,8,11,18H,7H2,1-2H3,(H,15,17)/t11-/m1/s1. The van der Waals surface area contributed by atoms with Gasteiger partial charge in [0.25, 0.3) is 0 Å². The summed E-state index contributed by atoms with van der Waals surface area (Å²) in [4.78, 5) is 0. The van der Waals surface area contributed by atoms with Crippen molar-refractivity contribution in [2.24, 2.45) is 5.92 Å². The Morgan fingerprint density at radius 3 is 2.50 bits per heavy atom. The molecule has 1 heterocycles. The summed E-state index contributed by atoms with van der Waals surface area (Å²) in [6.07, 6.45) is 0. The highest BCUT2D eigenvalue weighted by atomic mass is 35.5. The quantitative estimate of drug-likeness (QED) is 0.892. The second kappa shape index (κ2) is 5.50. The van der Waals surface area contributed by atoms with Gasteiger partial charge < -0.3 is 10.4 Å². The lowest BCUT2D eigenvalue weighted by atomic mass is 10.1. The molecule has 0 aliphatic rings. The van der Waals surface area contributed by atoms with Crippen molar-refractivity contribution in [3.05, 3.63) is 29.4 Å². The Morgan fingerprint density at radius 1 is 1.22 bits per heavy atom. The number of aliphatic hydroxyl groups is 1. The summed E-state index contributed by atoms with van der Waals surface area (Å²) in [5.41, 5.74) is 0. The minimum atomic E-state index is -0.0520. The number of anilines is 1. The van der Waals surface area contributed by atoms with Crippen LogP contribution in [0.4, 0.5) is 5.82 Å². The first-order chi connectivity index (χ1) is 8.63. The Hall–Kier alpha value is -1.39. The molecule has 2 aromatic rings. The molecular formula is C13H16ClN3O. The zero-order chi connectivity index (χ0) is 13.1. The first kappa shape index (κ1) is 13.1. The summed E-state index contributed by atoms with van der Waals surface area (Å²) in [6.45, 7) is 4.13. The molecule has 0 aliphatic carbocycles. The highest BCUT2D eigenvalue weighted by molar-refractivity contribution is 6.34. The number of fused-ring (bicyclic) bond motifs is 1. The molecule has 2 rings (SSSR count). The molecule has 18 heavy (non-hydrogen) atoms. The van der Waals surface area contributed by atoms with Gasteiger partial charge in [0.15, 0.2) is 11.0 Å². The minimum Gasteiger partial charge on any atom is -0.394 e. The van der Waals surface area contributed by atoms with Crippen LogP contribution in [0.5, 0.6) is 0 Å². The molecule has 0 saturated heterocycles. The van der Waals surface area contributed by atoms with Gasteiger partial charge in [0.1, 0.15) is 0 Å². The SMILES string of the molecule is CC(C)[C@@H](CO)Nc1nnc(Cl)c2ccccc12. The molecule has 0 spiro atoms. The second-order valence-electron chi connectivity index (χ2n) is 4.56. The van der Waals surface area contributed by atoms with Crippen LogP contribution < -0.4 is 5.32 Å². The van der Waals surface area contributed by atoms with Gasteiger partial charge in [0.2, 0.25) is 0 Å². The molecule has 0 fully saturated rings. The molecule has 0 amide bonds. The molecule has 96 valence electrons. The van der Waals surface area contributed by atoms with Crippen LogP contribution in [-0.2, 0) is 0 Å². The van der Waals surface area contributed by atoms with Crippen molar-refractivity contribution in [3.63, 3.8) is 0 Å². The maximum absolute atomic E-state index is 9.35. The van der Waals surface area contributed by atoms with Crippen molar-refractivity contribution in [3.8, 4) is 0 Å². The third kappa shape index (κ3) is 2.54. The van der Waals surface area contributed by atoms with Crippen LogP contribution in [-0.4, -0.2) is 28.0 Å². The van der Waals surface area contributed by atoms with Gasteiger partial charge in [-0.05, 0) is 5.92 Å². The third-order valence-electron chi connectivity index (χ3n) is 2.97. The molecular weight excluding hydrogens is 250 g/mol. The lowest BCUT2D eigenvalue weighted by molar-refractivity contribution is 0.249. The van der Waals surface area contributed by atoms with Crippen LogP contribution in [0.2, 0.25) is 5.15 Å². The number of aliphatic hydroxyl groups excluding tert-OH is 1. The van der Waals surface area contributed by atoms with Crippen LogP contribution in [0, 0.1) is 5.92 Å². The van der Waals surface area contributed by atoms with Crippen molar-refractivity contribution in [2.75, 3.05) is 11.9 Å². The predicted molar refractivity (Wildman–Crippen MR) is 73.9 cm³/mol. The van der Waals surface area contributed by atoms with Crippen molar-refractivity contribution in [1.82, 2.24) is 10.2 Å². The van der Waals surface area contributed by atoms with Gasteiger partial charge in [0, 0.05) is 10.8 Å². The van der Waals surface area contributed by atoms with Crippen LogP contribution in [0.25, 0.3) is 10.8 Å². The topological polar surface area (TPSA) is 58.0 Å². The minimum absolute atomic E-state index is 0.0519.